The van der Waals surface area contributed by atoms with Crippen molar-refractivity contribution in [2.24, 2.45) is 5.73 Å². The molecule has 1 aromatic heterocycles. The molecular formula is C18H17FN4O4. The molecule has 1 saturated heterocycles. The van der Waals surface area contributed by atoms with Crippen molar-refractivity contribution in [1.82, 2.24) is 5.16 Å². The van der Waals surface area contributed by atoms with E-state index in [1.165, 1.54) is 17.2 Å². The molecule has 0 spiro atoms. The molecule has 0 saturated carbocycles. The van der Waals surface area contributed by atoms with Gasteiger partial charge < -0.3 is 24.6 Å². The van der Waals surface area contributed by atoms with Crippen LogP contribution in [0.5, 0.6) is 5.88 Å². The van der Waals surface area contributed by atoms with Gasteiger partial charge in [0.05, 0.1) is 17.9 Å². The van der Waals surface area contributed by atoms with Crippen LogP contribution in [0.3, 0.4) is 0 Å². The molecule has 1 fully saturated rings. The highest BCUT2D eigenvalue weighted by atomic mass is 19.1. The minimum Gasteiger partial charge on any atom is -0.471 e. The quantitative estimate of drug-likeness (QED) is 0.861. The summed E-state index contributed by atoms with van der Waals surface area (Å²) >= 11 is 0. The van der Waals surface area contributed by atoms with Crippen LogP contribution in [0.25, 0.3) is 0 Å². The number of rotatable bonds is 5. The van der Waals surface area contributed by atoms with Crippen LogP contribution < -0.4 is 20.3 Å². The number of allylic oxidation sites excluding steroid dienone is 1. The van der Waals surface area contributed by atoms with Crippen LogP contribution in [0, 0.1) is 5.82 Å². The van der Waals surface area contributed by atoms with Crippen LogP contribution in [-0.4, -0.2) is 37.1 Å². The molecule has 27 heavy (non-hydrogen) atoms. The molecule has 1 unspecified atom stereocenters. The standard InChI is InChI=1S/C18H17FN4O4/c19-15-9-13(1-2-16(15)22-6-3-12(20)4-7-22)23-10-14(27-18(23)24)11-25-17-5-8-26-21-17/h1-6,8-9,14H,7,10-11,20H2. The summed E-state index contributed by atoms with van der Waals surface area (Å²) < 4.78 is 29.9. The van der Waals surface area contributed by atoms with Crippen molar-refractivity contribution < 1.29 is 23.2 Å². The molecule has 8 nitrogen and oxygen atoms in total. The number of hydrogen-bond donors (Lipinski definition) is 1. The van der Waals surface area contributed by atoms with Crippen LogP contribution in [0.1, 0.15) is 0 Å². The number of benzene rings is 1. The van der Waals surface area contributed by atoms with E-state index in [1.807, 2.05) is 0 Å². The van der Waals surface area contributed by atoms with E-state index in [1.54, 1.807) is 41.5 Å². The zero-order chi connectivity index (χ0) is 18.8. The van der Waals surface area contributed by atoms with E-state index < -0.39 is 18.0 Å². The smallest absolute Gasteiger partial charge is 0.414 e. The number of ether oxygens (including phenoxy) is 2. The molecule has 1 amide bonds. The van der Waals surface area contributed by atoms with Gasteiger partial charge in [-0.2, -0.15) is 0 Å². The third-order valence-electron chi connectivity index (χ3n) is 4.23. The van der Waals surface area contributed by atoms with Gasteiger partial charge in [0, 0.05) is 24.5 Å². The second-order valence-corrected chi connectivity index (χ2v) is 6.07. The second kappa shape index (κ2) is 7.02. The normalized spacial score (nSPS) is 19.2. The molecule has 9 heteroatoms. The van der Waals surface area contributed by atoms with Crippen molar-refractivity contribution in [3.05, 3.63) is 60.4 Å². The Morgan fingerprint density at radius 1 is 1.37 bits per heavy atom. The number of carbonyl (C=O) groups is 1. The molecule has 1 aromatic carbocycles. The van der Waals surface area contributed by atoms with Crippen molar-refractivity contribution in [3.63, 3.8) is 0 Å². The lowest BCUT2D eigenvalue weighted by molar-refractivity contribution is 0.102. The van der Waals surface area contributed by atoms with Crippen LogP contribution in [0.2, 0.25) is 0 Å². The molecule has 0 aliphatic carbocycles. The van der Waals surface area contributed by atoms with Crippen molar-refractivity contribution in [3.8, 4) is 5.88 Å². The van der Waals surface area contributed by atoms with Gasteiger partial charge in [-0.3, -0.25) is 4.90 Å². The minimum absolute atomic E-state index is 0.127. The number of cyclic esters (lactones) is 1. The third-order valence-corrected chi connectivity index (χ3v) is 4.23. The van der Waals surface area contributed by atoms with Crippen molar-refractivity contribution >= 4 is 17.5 Å². The highest BCUT2D eigenvalue weighted by Gasteiger charge is 2.33. The summed E-state index contributed by atoms with van der Waals surface area (Å²) in [5.41, 5.74) is 7.14. The van der Waals surface area contributed by atoms with E-state index in [2.05, 4.69) is 9.68 Å². The number of nitrogens with zero attached hydrogens (tertiary/aromatic N) is 3. The molecule has 1 atom stereocenters. The van der Waals surface area contributed by atoms with E-state index in [0.29, 0.717) is 29.5 Å². The molecule has 2 aliphatic heterocycles. The van der Waals surface area contributed by atoms with Gasteiger partial charge in [-0.25, -0.2) is 9.18 Å². The van der Waals surface area contributed by atoms with Gasteiger partial charge in [0.25, 0.3) is 5.88 Å². The zero-order valence-corrected chi connectivity index (χ0v) is 14.2. The zero-order valence-electron chi connectivity index (χ0n) is 14.2. The van der Waals surface area contributed by atoms with Crippen LogP contribution >= 0.6 is 0 Å². The largest absolute Gasteiger partial charge is 0.471 e. The van der Waals surface area contributed by atoms with Crippen molar-refractivity contribution in [2.45, 2.75) is 6.10 Å². The molecule has 0 radical (unpaired) electrons. The monoisotopic (exact) mass is 372 g/mol. The first kappa shape index (κ1) is 17.0. The Morgan fingerprint density at radius 3 is 2.96 bits per heavy atom. The fourth-order valence-electron chi connectivity index (χ4n) is 2.86. The van der Waals surface area contributed by atoms with E-state index in [9.17, 15) is 9.18 Å². The summed E-state index contributed by atoms with van der Waals surface area (Å²) in [5, 5.41) is 3.62. The first-order valence-electron chi connectivity index (χ1n) is 8.31. The Bertz CT molecular complexity index is 897. The summed E-state index contributed by atoms with van der Waals surface area (Å²) in [6, 6.07) is 6.17. The van der Waals surface area contributed by atoms with Crippen LogP contribution in [0.15, 0.2) is 59.1 Å². The molecule has 3 heterocycles. The van der Waals surface area contributed by atoms with Gasteiger partial charge in [0.2, 0.25) is 0 Å². The topological polar surface area (TPSA) is 94.1 Å². The molecule has 140 valence electrons. The number of nitrogens with two attached hydrogens (primary N) is 1. The predicted molar refractivity (Wildman–Crippen MR) is 94.8 cm³/mol. The number of hydrogen-bond acceptors (Lipinski definition) is 7. The molecule has 0 bridgehead atoms. The van der Waals surface area contributed by atoms with E-state index in [4.69, 9.17) is 15.2 Å². The van der Waals surface area contributed by atoms with Gasteiger partial charge in [0.15, 0.2) is 6.10 Å². The molecule has 4 rings (SSSR count). The van der Waals surface area contributed by atoms with Gasteiger partial charge in [0.1, 0.15) is 18.7 Å². The Labute approximate surface area is 154 Å². The number of aromatic nitrogens is 1. The first-order chi connectivity index (χ1) is 13.1. The Kier molecular flexibility index (Phi) is 4.41. The predicted octanol–water partition coefficient (Wildman–Crippen LogP) is 2.39. The maximum Gasteiger partial charge on any atom is 0.414 e. The summed E-state index contributed by atoms with van der Waals surface area (Å²) in [6.45, 7) is 0.853. The highest BCUT2D eigenvalue weighted by molar-refractivity contribution is 5.90. The average Bonchev–Trinajstić information content (AvgIpc) is 3.30. The highest BCUT2D eigenvalue weighted by Crippen LogP contribution is 2.29. The molecule has 2 N–H and O–H groups in total. The molecule has 2 aromatic rings. The first-order valence-corrected chi connectivity index (χ1v) is 8.31. The molecule has 2 aliphatic rings. The number of amides is 1. The van der Waals surface area contributed by atoms with Crippen molar-refractivity contribution in [1.29, 1.82) is 0 Å². The van der Waals surface area contributed by atoms with Crippen LogP contribution in [-0.2, 0) is 4.74 Å². The number of halogens is 1. The van der Waals surface area contributed by atoms with Gasteiger partial charge in [-0.05, 0) is 35.5 Å². The van der Waals surface area contributed by atoms with Crippen molar-refractivity contribution in [2.75, 3.05) is 29.5 Å². The number of anilines is 2. The third kappa shape index (κ3) is 3.57. The summed E-state index contributed by atoms with van der Waals surface area (Å²) in [6.07, 6.45) is 5.56. The number of carbonyl (C=O) groups excluding carboxylic acids is 1. The lowest BCUT2D eigenvalue weighted by atomic mass is 10.2. The minimum atomic E-state index is -0.551. The van der Waals surface area contributed by atoms with E-state index >= 15 is 0 Å². The average molecular weight is 372 g/mol. The lowest BCUT2D eigenvalue weighted by Gasteiger charge is -2.23. The fraction of sp³-hybridized carbons (Fsp3) is 0.222. The summed E-state index contributed by atoms with van der Waals surface area (Å²) in [7, 11) is 0. The van der Waals surface area contributed by atoms with Gasteiger partial charge >= 0.3 is 6.09 Å². The van der Waals surface area contributed by atoms with Gasteiger partial charge in [-0.15, -0.1) is 0 Å². The van der Waals surface area contributed by atoms with Crippen LogP contribution in [0.4, 0.5) is 20.6 Å². The van der Waals surface area contributed by atoms with Gasteiger partial charge in [-0.1, -0.05) is 0 Å². The molecular weight excluding hydrogens is 355 g/mol. The van der Waals surface area contributed by atoms with E-state index in [-0.39, 0.29) is 13.2 Å². The summed E-state index contributed by atoms with van der Waals surface area (Å²) in [5.74, 6) is -0.134. The SMILES string of the molecule is NC1=CCN(c2ccc(N3CC(COc4ccon4)OC3=O)cc2F)C=C1. The Balaban J connectivity index is 1.43. The maximum absolute atomic E-state index is 14.6. The van der Waals surface area contributed by atoms with E-state index in [0.717, 1.165) is 0 Å². The second-order valence-electron chi connectivity index (χ2n) is 6.07. The fourth-order valence-corrected chi connectivity index (χ4v) is 2.86. The maximum atomic E-state index is 14.6. The Morgan fingerprint density at radius 2 is 2.26 bits per heavy atom. The summed E-state index contributed by atoms with van der Waals surface area (Å²) in [4.78, 5) is 15.2. The Hall–Kier alpha value is -3.49. The lowest BCUT2D eigenvalue weighted by Crippen LogP contribution is -2.27.